The lowest BCUT2D eigenvalue weighted by atomic mass is 10.2. The predicted molar refractivity (Wildman–Crippen MR) is 69.0 cm³/mol. The van der Waals surface area contributed by atoms with E-state index in [1.165, 1.54) is 12.3 Å². The third-order valence-corrected chi connectivity index (χ3v) is 2.32. The number of ether oxygens (including phenoxy) is 2. The quantitative estimate of drug-likeness (QED) is 0.749. The fraction of sp³-hybridized carbons (Fsp3) is 0.0667. The molecule has 0 atom stereocenters. The van der Waals surface area contributed by atoms with Gasteiger partial charge in [-0.05, 0) is 35.9 Å². The molecule has 0 saturated carbocycles. The van der Waals surface area contributed by atoms with Gasteiger partial charge in [0.2, 0.25) is 0 Å². The van der Waals surface area contributed by atoms with Gasteiger partial charge < -0.3 is 9.47 Å². The van der Waals surface area contributed by atoms with Crippen LogP contribution in [-0.2, 0) is 4.74 Å². The molecule has 0 heterocycles. The topological polar surface area (TPSA) is 18.5 Å². The van der Waals surface area contributed by atoms with E-state index in [2.05, 4.69) is 0 Å². The molecule has 0 N–H and O–H groups in total. The Labute approximate surface area is 105 Å². The molecule has 0 radical (unpaired) electrons. The summed E-state index contributed by atoms with van der Waals surface area (Å²) in [4.78, 5) is 0. The van der Waals surface area contributed by atoms with Crippen LogP contribution in [-0.4, -0.2) is 7.11 Å². The Bertz CT molecular complexity index is 535. The number of rotatable bonds is 4. The number of para-hydroxylation sites is 1. The second-order valence-corrected chi connectivity index (χ2v) is 3.64. The minimum Gasteiger partial charge on any atom is -0.504 e. The van der Waals surface area contributed by atoms with E-state index in [0.29, 0.717) is 5.75 Å². The van der Waals surface area contributed by atoms with E-state index in [1.807, 2.05) is 18.2 Å². The summed E-state index contributed by atoms with van der Waals surface area (Å²) in [5, 5.41) is 0. The average Bonchev–Trinajstić information content (AvgIpc) is 2.41. The molecular formula is C15H13FO2. The fourth-order valence-corrected chi connectivity index (χ4v) is 1.46. The molecule has 0 aliphatic carbocycles. The molecule has 2 rings (SSSR count). The first kappa shape index (κ1) is 12.2. The number of halogens is 1. The van der Waals surface area contributed by atoms with Crippen molar-refractivity contribution in [2.75, 3.05) is 7.11 Å². The van der Waals surface area contributed by atoms with Crippen molar-refractivity contribution in [3.05, 3.63) is 66.2 Å². The molecule has 2 aromatic rings. The molecule has 3 heteroatoms. The van der Waals surface area contributed by atoms with Crippen molar-refractivity contribution in [3.63, 3.8) is 0 Å². The molecule has 18 heavy (non-hydrogen) atoms. The highest BCUT2D eigenvalue weighted by molar-refractivity contribution is 5.51. The standard InChI is InChI=1S/C15H13FO2/c1-17-10-9-12-7-8-14(16)15(11-12)18-13-5-3-2-4-6-13/h2-11H,1H3/b10-9+. The van der Waals surface area contributed by atoms with Gasteiger partial charge in [0.25, 0.3) is 0 Å². The molecule has 0 amide bonds. The third kappa shape index (κ3) is 3.10. The molecule has 92 valence electrons. The van der Waals surface area contributed by atoms with Gasteiger partial charge in [-0.1, -0.05) is 24.3 Å². The normalized spacial score (nSPS) is 10.6. The summed E-state index contributed by atoms with van der Waals surface area (Å²) in [5.74, 6) is 0.400. The summed E-state index contributed by atoms with van der Waals surface area (Å²) in [6.07, 6.45) is 3.26. The minimum atomic E-state index is -0.395. The van der Waals surface area contributed by atoms with Gasteiger partial charge in [0.15, 0.2) is 11.6 Å². The second-order valence-electron chi connectivity index (χ2n) is 3.64. The highest BCUT2D eigenvalue weighted by Gasteiger charge is 2.05. The highest BCUT2D eigenvalue weighted by atomic mass is 19.1. The van der Waals surface area contributed by atoms with E-state index in [4.69, 9.17) is 9.47 Å². The van der Waals surface area contributed by atoms with E-state index in [9.17, 15) is 4.39 Å². The van der Waals surface area contributed by atoms with Crippen molar-refractivity contribution < 1.29 is 13.9 Å². The maximum atomic E-state index is 13.6. The maximum Gasteiger partial charge on any atom is 0.165 e. The lowest BCUT2D eigenvalue weighted by Gasteiger charge is -2.07. The van der Waals surface area contributed by atoms with Crippen LogP contribution in [0.5, 0.6) is 11.5 Å². The molecule has 0 unspecified atom stereocenters. The third-order valence-electron chi connectivity index (χ3n) is 2.32. The summed E-state index contributed by atoms with van der Waals surface area (Å²) in [5.41, 5.74) is 0.809. The predicted octanol–water partition coefficient (Wildman–Crippen LogP) is 4.24. The van der Waals surface area contributed by atoms with Gasteiger partial charge in [0, 0.05) is 0 Å². The molecule has 0 bridgehead atoms. The number of hydrogen-bond donors (Lipinski definition) is 0. The van der Waals surface area contributed by atoms with E-state index in [1.54, 1.807) is 37.5 Å². The van der Waals surface area contributed by atoms with Crippen molar-refractivity contribution in [3.8, 4) is 11.5 Å². The van der Waals surface area contributed by atoms with E-state index in [0.717, 1.165) is 5.56 Å². The molecule has 0 saturated heterocycles. The highest BCUT2D eigenvalue weighted by Crippen LogP contribution is 2.25. The minimum absolute atomic E-state index is 0.194. The zero-order valence-corrected chi connectivity index (χ0v) is 9.97. The molecule has 0 spiro atoms. The first-order valence-electron chi connectivity index (χ1n) is 5.51. The Hall–Kier alpha value is -2.29. The largest absolute Gasteiger partial charge is 0.504 e. The zero-order chi connectivity index (χ0) is 12.8. The van der Waals surface area contributed by atoms with Crippen LogP contribution in [0.2, 0.25) is 0 Å². The van der Waals surface area contributed by atoms with Crippen LogP contribution in [0, 0.1) is 5.82 Å². The maximum absolute atomic E-state index is 13.6. The Balaban J connectivity index is 2.24. The van der Waals surface area contributed by atoms with Crippen molar-refractivity contribution in [1.82, 2.24) is 0 Å². The lowest BCUT2D eigenvalue weighted by Crippen LogP contribution is -1.89. The van der Waals surface area contributed by atoms with Gasteiger partial charge >= 0.3 is 0 Å². The van der Waals surface area contributed by atoms with Crippen LogP contribution in [0.15, 0.2) is 54.8 Å². The van der Waals surface area contributed by atoms with Crippen molar-refractivity contribution in [2.45, 2.75) is 0 Å². The summed E-state index contributed by atoms with van der Waals surface area (Å²) >= 11 is 0. The van der Waals surface area contributed by atoms with E-state index < -0.39 is 5.82 Å². The van der Waals surface area contributed by atoms with E-state index >= 15 is 0 Å². The van der Waals surface area contributed by atoms with Crippen molar-refractivity contribution in [2.24, 2.45) is 0 Å². The van der Waals surface area contributed by atoms with Crippen LogP contribution >= 0.6 is 0 Å². The Morgan fingerprint density at radius 1 is 1.06 bits per heavy atom. The van der Waals surface area contributed by atoms with Gasteiger partial charge in [-0.25, -0.2) is 4.39 Å². The first-order valence-corrected chi connectivity index (χ1v) is 5.51. The van der Waals surface area contributed by atoms with Crippen molar-refractivity contribution >= 4 is 6.08 Å². The Kier molecular flexibility index (Phi) is 3.97. The second kappa shape index (κ2) is 5.87. The van der Waals surface area contributed by atoms with Gasteiger partial charge in [0.05, 0.1) is 13.4 Å². The summed E-state index contributed by atoms with van der Waals surface area (Å²) < 4.78 is 23.9. The van der Waals surface area contributed by atoms with Gasteiger partial charge in [-0.2, -0.15) is 0 Å². The summed E-state index contributed by atoms with van der Waals surface area (Å²) in [6.45, 7) is 0. The van der Waals surface area contributed by atoms with Gasteiger partial charge in [0.1, 0.15) is 5.75 Å². The number of methoxy groups -OCH3 is 1. The van der Waals surface area contributed by atoms with Crippen molar-refractivity contribution in [1.29, 1.82) is 0 Å². The zero-order valence-electron chi connectivity index (χ0n) is 9.97. The molecule has 0 aliphatic rings. The number of benzene rings is 2. The SMILES string of the molecule is CO/C=C/c1ccc(F)c(Oc2ccccc2)c1. The van der Waals surface area contributed by atoms with Crippen LogP contribution in [0.3, 0.4) is 0 Å². The Morgan fingerprint density at radius 3 is 2.56 bits per heavy atom. The monoisotopic (exact) mass is 244 g/mol. The van der Waals surface area contributed by atoms with E-state index in [-0.39, 0.29) is 5.75 Å². The molecule has 0 fully saturated rings. The molecular weight excluding hydrogens is 231 g/mol. The van der Waals surface area contributed by atoms with Crippen LogP contribution in [0.4, 0.5) is 4.39 Å². The number of hydrogen-bond acceptors (Lipinski definition) is 2. The molecule has 2 aromatic carbocycles. The van der Waals surface area contributed by atoms with Crippen LogP contribution < -0.4 is 4.74 Å². The van der Waals surface area contributed by atoms with Gasteiger partial charge in [-0.15, -0.1) is 0 Å². The summed E-state index contributed by atoms with van der Waals surface area (Å²) in [7, 11) is 1.56. The lowest BCUT2D eigenvalue weighted by molar-refractivity contribution is 0.341. The van der Waals surface area contributed by atoms with Crippen LogP contribution in [0.25, 0.3) is 6.08 Å². The Morgan fingerprint density at radius 2 is 1.83 bits per heavy atom. The smallest absolute Gasteiger partial charge is 0.165 e. The van der Waals surface area contributed by atoms with Crippen LogP contribution in [0.1, 0.15) is 5.56 Å². The summed E-state index contributed by atoms with van der Waals surface area (Å²) in [6, 6.07) is 13.7. The fourth-order valence-electron chi connectivity index (χ4n) is 1.46. The molecule has 2 nitrogen and oxygen atoms in total. The average molecular weight is 244 g/mol. The van der Waals surface area contributed by atoms with Gasteiger partial charge in [-0.3, -0.25) is 0 Å². The molecule has 0 aliphatic heterocycles. The molecule has 0 aromatic heterocycles. The first-order chi connectivity index (χ1) is 8.79.